The minimum atomic E-state index is -0.972. The molecule has 17 heavy (non-hydrogen) atoms. The highest BCUT2D eigenvalue weighted by Crippen LogP contribution is 2.19. The third-order valence-electron chi connectivity index (χ3n) is 2.56. The second-order valence-corrected chi connectivity index (χ2v) is 4.55. The zero-order valence-electron chi connectivity index (χ0n) is 9.95. The first-order valence-electron chi connectivity index (χ1n) is 5.70. The van der Waals surface area contributed by atoms with E-state index in [0.29, 0.717) is 11.3 Å². The van der Waals surface area contributed by atoms with Crippen LogP contribution in [0, 0.1) is 0 Å². The Labute approximate surface area is 109 Å². The minimum Gasteiger partial charge on any atom is -0.476 e. The molecule has 0 unspecified atom stereocenters. The van der Waals surface area contributed by atoms with Gasteiger partial charge in [0.2, 0.25) is 0 Å². The Kier molecular flexibility index (Phi) is 5.41. The monoisotopic (exact) mass is 300 g/mol. The molecule has 1 aromatic heterocycles. The van der Waals surface area contributed by atoms with Gasteiger partial charge in [0.05, 0.1) is 5.69 Å². The first-order valence-corrected chi connectivity index (χ1v) is 6.50. The minimum absolute atomic E-state index is 0.148. The molecule has 0 fully saturated rings. The average Bonchev–Trinajstić information content (AvgIpc) is 2.58. The lowest BCUT2D eigenvalue weighted by Crippen LogP contribution is -2.07. The van der Waals surface area contributed by atoms with Gasteiger partial charge >= 0.3 is 5.97 Å². The third kappa shape index (κ3) is 3.43. The number of hydrogen-bond donors (Lipinski definition) is 1. The molecule has 0 spiro atoms. The van der Waals surface area contributed by atoms with Crippen LogP contribution >= 0.6 is 15.9 Å². The van der Waals surface area contributed by atoms with Gasteiger partial charge in [-0.3, -0.25) is 0 Å². The van der Waals surface area contributed by atoms with Crippen molar-refractivity contribution < 1.29 is 9.90 Å². The van der Waals surface area contributed by atoms with Crippen molar-refractivity contribution in [2.75, 3.05) is 0 Å². The predicted molar refractivity (Wildman–Crippen MR) is 70.3 cm³/mol. The fourth-order valence-corrected chi connectivity index (χ4v) is 2.27. The molecule has 0 radical (unpaired) electrons. The van der Waals surface area contributed by atoms with Crippen molar-refractivity contribution in [1.29, 1.82) is 0 Å². The Morgan fingerprint density at radius 3 is 2.82 bits per heavy atom. The number of nitrogens with zero attached hydrogens (tertiary/aromatic N) is 2. The molecule has 94 valence electrons. The van der Waals surface area contributed by atoms with Crippen molar-refractivity contribution in [3.63, 3.8) is 0 Å². The smallest absolute Gasteiger partial charge is 0.356 e. The molecule has 1 heterocycles. The largest absolute Gasteiger partial charge is 0.476 e. The molecule has 0 bridgehead atoms. The van der Waals surface area contributed by atoms with Crippen LogP contribution in [-0.2, 0) is 13.0 Å². The summed E-state index contributed by atoms with van der Waals surface area (Å²) in [6.45, 7) is 6.36. The standard InChI is InChI=1S/C12H17BrN2O2/c1-3-5-6-7-9-10(11(16)17)14-12(13)15(9)8-4-2/h4H,2-3,5-8H2,1H3,(H,16,17). The van der Waals surface area contributed by atoms with Crippen molar-refractivity contribution in [1.82, 2.24) is 9.55 Å². The van der Waals surface area contributed by atoms with Crippen LogP contribution in [0.3, 0.4) is 0 Å². The maximum atomic E-state index is 11.1. The molecule has 0 saturated carbocycles. The lowest BCUT2D eigenvalue weighted by atomic mass is 10.1. The lowest BCUT2D eigenvalue weighted by Gasteiger charge is -2.07. The SMILES string of the molecule is C=CCn1c(Br)nc(C(=O)O)c1CCCCC. The summed E-state index contributed by atoms with van der Waals surface area (Å²) < 4.78 is 2.41. The second kappa shape index (κ2) is 6.59. The number of allylic oxidation sites excluding steroid dienone is 1. The number of aromatic carboxylic acids is 1. The molecule has 0 aromatic carbocycles. The van der Waals surface area contributed by atoms with E-state index in [-0.39, 0.29) is 5.69 Å². The van der Waals surface area contributed by atoms with Crippen molar-refractivity contribution in [2.45, 2.75) is 39.2 Å². The van der Waals surface area contributed by atoms with Gasteiger partial charge in [-0.05, 0) is 28.8 Å². The Balaban J connectivity index is 3.01. The average molecular weight is 301 g/mol. The van der Waals surface area contributed by atoms with Gasteiger partial charge in [-0.2, -0.15) is 0 Å². The van der Waals surface area contributed by atoms with Gasteiger partial charge in [0, 0.05) is 6.54 Å². The number of carboxylic acid groups (broad SMARTS) is 1. The van der Waals surface area contributed by atoms with Crippen molar-refractivity contribution >= 4 is 21.9 Å². The summed E-state index contributed by atoms with van der Waals surface area (Å²) in [5.74, 6) is -0.972. The summed E-state index contributed by atoms with van der Waals surface area (Å²) >= 11 is 3.29. The first-order chi connectivity index (χ1) is 8.11. The van der Waals surface area contributed by atoms with Crippen molar-refractivity contribution in [3.05, 3.63) is 28.8 Å². The highest BCUT2D eigenvalue weighted by molar-refractivity contribution is 9.10. The highest BCUT2D eigenvalue weighted by Gasteiger charge is 2.19. The molecule has 0 amide bonds. The fourth-order valence-electron chi connectivity index (χ4n) is 1.74. The Morgan fingerprint density at radius 1 is 1.59 bits per heavy atom. The normalized spacial score (nSPS) is 10.5. The van der Waals surface area contributed by atoms with E-state index in [1.165, 1.54) is 0 Å². The number of carboxylic acids is 1. The number of aromatic nitrogens is 2. The zero-order valence-corrected chi connectivity index (χ0v) is 11.5. The van der Waals surface area contributed by atoms with Crippen LogP contribution in [0.5, 0.6) is 0 Å². The summed E-state index contributed by atoms with van der Waals surface area (Å²) in [5.41, 5.74) is 0.924. The van der Waals surface area contributed by atoms with Gasteiger partial charge in [-0.1, -0.05) is 25.8 Å². The quantitative estimate of drug-likeness (QED) is 0.621. The Morgan fingerprint density at radius 2 is 2.29 bits per heavy atom. The van der Waals surface area contributed by atoms with E-state index in [2.05, 4.69) is 34.4 Å². The lowest BCUT2D eigenvalue weighted by molar-refractivity contribution is 0.0689. The predicted octanol–water partition coefficient (Wildman–Crippen LogP) is 3.26. The molecular formula is C12H17BrN2O2. The maximum Gasteiger partial charge on any atom is 0.356 e. The molecule has 0 aliphatic carbocycles. The molecule has 4 nitrogen and oxygen atoms in total. The summed E-state index contributed by atoms with van der Waals surface area (Å²) in [4.78, 5) is 15.1. The van der Waals surface area contributed by atoms with Gasteiger partial charge in [0.1, 0.15) is 0 Å². The molecule has 1 aromatic rings. The number of carbonyl (C=O) groups is 1. The van der Waals surface area contributed by atoms with Gasteiger partial charge in [0.15, 0.2) is 10.4 Å². The number of hydrogen-bond acceptors (Lipinski definition) is 2. The van der Waals surface area contributed by atoms with Crippen LogP contribution < -0.4 is 0 Å². The molecule has 1 rings (SSSR count). The number of halogens is 1. The van der Waals surface area contributed by atoms with Gasteiger partial charge < -0.3 is 9.67 Å². The summed E-state index contributed by atoms with van der Waals surface area (Å²) in [6, 6.07) is 0. The van der Waals surface area contributed by atoms with Gasteiger partial charge in [-0.25, -0.2) is 9.78 Å². The van der Waals surface area contributed by atoms with Gasteiger partial charge in [0.25, 0.3) is 0 Å². The van der Waals surface area contributed by atoms with Crippen LogP contribution in [0.1, 0.15) is 42.4 Å². The summed E-state index contributed by atoms with van der Waals surface area (Å²) in [6.07, 6.45) is 5.66. The molecule has 5 heteroatoms. The van der Waals surface area contributed by atoms with E-state index in [4.69, 9.17) is 5.11 Å². The van der Waals surface area contributed by atoms with E-state index >= 15 is 0 Å². The number of imidazole rings is 1. The number of unbranched alkanes of at least 4 members (excludes halogenated alkanes) is 2. The third-order valence-corrected chi connectivity index (χ3v) is 3.16. The summed E-state index contributed by atoms with van der Waals surface area (Å²) in [7, 11) is 0. The second-order valence-electron chi connectivity index (χ2n) is 3.84. The van der Waals surface area contributed by atoms with E-state index in [9.17, 15) is 4.79 Å². The van der Waals surface area contributed by atoms with E-state index in [1.54, 1.807) is 6.08 Å². The molecule has 0 aliphatic heterocycles. The van der Waals surface area contributed by atoms with E-state index < -0.39 is 5.97 Å². The molecule has 1 N–H and O–H groups in total. The zero-order chi connectivity index (χ0) is 12.8. The van der Waals surface area contributed by atoms with Crippen molar-refractivity contribution in [2.24, 2.45) is 0 Å². The number of rotatable bonds is 7. The Hall–Kier alpha value is -1.10. The topological polar surface area (TPSA) is 55.1 Å². The van der Waals surface area contributed by atoms with Crippen molar-refractivity contribution in [3.8, 4) is 0 Å². The van der Waals surface area contributed by atoms with E-state index in [0.717, 1.165) is 31.4 Å². The highest BCUT2D eigenvalue weighted by atomic mass is 79.9. The van der Waals surface area contributed by atoms with Crippen LogP contribution in [0.25, 0.3) is 0 Å². The Bertz CT molecular complexity index is 413. The fraction of sp³-hybridized carbons (Fsp3) is 0.500. The molecule has 0 saturated heterocycles. The summed E-state index contributed by atoms with van der Waals surface area (Å²) in [5, 5.41) is 9.11. The molecular weight excluding hydrogens is 284 g/mol. The van der Waals surface area contributed by atoms with Crippen LogP contribution in [0.4, 0.5) is 0 Å². The molecule has 0 atom stereocenters. The maximum absolute atomic E-state index is 11.1. The van der Waals surface area contributed by atoms with E-state index in [1.807, 2.05) is 4.57 Å². The first kappa shape index (κ1) is 14.0. The van der Waals surface area contributed by atoms with Crippen LogP contribution in [-0.4, -0.2) is 20.6 Å². The van der Waals surface area contributed by atoms with Crippen LogP contribution in [0.2, 0.25) is 0 Å². The van der Waals surface area contributed by atoms with Gasteiger partial charge in [-0.15, -0.1) is 6.58 Å². The van der Waals surface area contributed by atoms with Crippen LogP contribution in [0.15, 0.2) is 17.4 Å². The molecule has 0 aliphatic rings.